The van der Waals surface area contributed by atoms with Gasteiger partial charge in [-0.05, 0) is 25.3 Å². The second-order valence-electron chi connectivity index (χ2n) is 6.20. The number of benzene rings is 1. The lowest BCUT2D eigenvalue weighted by Crippen LogP contribution is -2.31. The Bertz CT molecular complexity index is 588. The van der Waals surface area contributed by atoms with E-state index in [2.05, 4.69) is 53.5 Å². The van der Waals surface area contributed by atoms with Crippen LogP contribution >= 0.6 is 0 Å². The first-order valence-corrected chi connectivity index (χ1v) is 8.08. The van der Waals surface area contributed by atoms with Crippen LogP contribution in [0.2, 0.25) is 0 Å². The van der Waals surface area contributed by atoms with Gasteiger partial charge in [-0.15, -0.1) is 0 Å². The van der Waals surface area contributed by atoms with Crippen LogP contribution in [-0.4, -0.2) is 33.9 Å². The molecule has 1 aliphatic rings. The van der Waals surface area contributed by atoms with Gasteiger partial charge in [0.25, 0.3) is 0 Å². The zero-order valence-corrected chi connectivity index (χ0v) is 13.5. The average molecular weight is 299 g/mol. The Kier molecular flexibility index (Phi) is 4.90. The van der Waals surface area contributed by atoms with Gasteiger partial charge >= 0.3 is 0 Å². The Morgan fingerprint density at radius 2 is 2.09 bits per heavy atom. The monoisotopic (exact) mass is 299 g/mol. The number of aryl methyl sites for hydroxylation is 2. The molecule has 0 saturated carbocycles. The average Bonchev–Trinajstić information content (AvgIpc) is 3.10. The summed E-state index contributed by atoms with van der Waals surface area (Å²) in [5.74, 6) is 0. The van der Waals surface area contributed by atoms with Crippen LogP contribution in [-0.2, 0) is 24.9 Å². The molecule has 2 heterocycles. The molecule has 22 heavy (non-hydrogen) atoms. The van der Waals surface area contributed by atoms with E-state index >= 15 is 0 Å². The minimum atomic E-state index is 0.376. The van der Waals surface area contributed by atoms with Gasteiger partial charge in [0.1, 0.15) is 0 Å². The molecule has 4 heteroatoms. The van der Waals surface area contributed by atoms with Crippen LogP contribution in [0.25, 0.3) is 0 Å². The summed E-state index contributed by atoms with van der Waals surface area (Å²) in [5, 5.41) is 4.46. The van der Waals surface area contributed by atoms with Crippen LogP contribution < -0.4 is 0 Å². The predicted molar refractivity (Wildman–Crippen MR) is 87.5 cm³/mol. The van der Waals surface area contributed by atoms with Gasteiger partial charge in [0, 0.05) is 45.0 Å². The molecule has 0 spiro atoms. The highest BCUT2D eigenvalue weighted by Crippen LogP contribution is 2.18. The lowest BCUT2D eigenvalue weighted by molar-refractivity contribution is 0.0678. The Morgan fingerprint density at radius 3 is 2.73 bits per heavy atom. The molecule has 2 aromatic rings. The summed E-state index contributed by atoms with van der Waals surface area (Å²) in [6, 6.07) is 10.7. The first-order valence-electron chi connectivity index (χ1n) is 8.08. The zero-order valence-electron chi connectivity index (χ0n) is 13.5. The first kappa shape index (κ1) is 15.3. The summed E-state index contributed by atoms with van der Waals surface area (Å²) < 4.78 is 7.73. The van der Waals surface area contributed by atoms with Gasteiger partial charge in [0.05, 0.1) is 11.8 Å². The normalized spacial score (nSPS) is 18.2. The van der Waals surface area contributed by atoms with Gasteiger partial charge in [-0.3, -0.25) is 9.58 Å². The number of nitrogens with zero attached hydrogens (tertiary/aromatic N) is 3. The van der Waals surface area contributed by atoms with Crippen molar-refractivity contribution in [3.63, 3.8) is 0 Å². The van der Waals surface area contributed by atoms with Crippen LogP contribution in [0.1, 0.15) is 29.7 Å². The lowest BCUT2D eigenvalue weighted by Gasteiger charge is -2.25. The molecule has 1 aromatic carbocycles. The Labute approximate surface area is 132 Å². The smallest absolute Gasteiger partial charge is 0.0703 e. The summed E-state index contributed by atoms with van der Waals surface area (Å²) in [7, 11) is 1.98. The molecule has 0 N–H and O–H groups in total. The molecule has 4 nitrogen and oxygen atoms in total. The minimum Gasteiger partial charge on any atom is -0.377 e. The summed E-state index contributed by atoms with van der Waals surface area (Å²) >= 11 is 0. The highest BCUT2D eigenvalue weighted by Gasteiger charge is 2.20. The Hall–Kier alpha value is -1.65. The maximum absolute atomic E-state index is 5.83. The van der Waals surface area contributed by atoms with Crippen molar-refractivity contribution >= 4 is 0 Å². The fourth-order valence-corrected chi connectivity index (χ4v) is 3.15. The third-order valence-electron chi connectivity index (χ3n) is 4.24. The maximum atomic E-state index is 5.83. The summed E-state index contributed by atoms with van der Waals surface area (Å²) in [4.78, 5) is 2.48. The number of aromatic nitrogens is 2. The second kappa shape index (κ2) is 7.07. The van der Waals surface area contributed by atoms with Crippen molar-refractivity contribution in [1.29, 1.82) is 0 Å². The van der Waals surface area contributed by atoms with Crippen molar-refractivity contribution in [2.24, 2.45) is 7.05 Å². The highest BCUT2D eigenvalue weighted by molar-refractivity contribution is 5.17. The summed E-state index contributed by atoms with van der Waals surface area (Å²) in [5.41, 5.74) is 3.77. The lowest BCUT2D eigenvalue weighted by atomic mass is 10.1. The topological polar surface area (TPSA) is 30.3 Å². The van der Waals surface area contributed by atoms with E-state index in [0.717, 1.165) is 31.9 Å². The van der Waals surface area contributed by atoms with E-state index in [1.54, 1.807) is 0 Å². The minimum absolute atomic E-state index is 0.376. The predicted octanol–water partition coefficient (Wildman–Crippen LogP) is 2.91. The SMILES string of the molecule is Cc1nn(C)cc1CN(Cc1ccccc1)C[C@@H]1CCCO1. The number of hydrogen-bond acceptors (Lipinski definition) is 3. The molecule has 0 bridgehead atoms. The van der Waals surface area contributed by atoms with Crippen LogP contribution in [0.5, 0.6) is 0 Å². The van der Waals surface area contributed by atoms with E-state index in [1.165, 1.54) is 24.0 Å². The van der Waals surface area contributed by atoms with E-state index < -0.39 is 0 Å². The van der Waals surface area contributed by atoms with Crippen LogP contribution in [0.3, 0.4) is 0 Å². The molecule has 118 valence electrons. The molecule has 1 saturated heterocycles. The van der Waals surface area contributed by atoms with Crippen LogP contribution in [0.4, 0.5) is 0 Å². The molecule has 0 radical (unpaired) electrons. The molecule has 0 unspecified atom stereocenters. The second-order valence-corrected chi connectivity index (χ2v) is 6.20. The molecule has 0 aliphatic carbocycles. The molecule has 1 atom stereocenters. The van der Waals surface area contributed by atoms with E-state index in [4.69, 9.17) is 4.74 Å². The van der Waals surface area contributed by atoms with Gasteiger partial charge in [0.2, 0.25) is 0 Å². The van der Waals surface area contributed by atoms with Crippen molar-refractivity contribution < 1.29 is 4.74 Å². The number of hydrogen-bond donors (Lipinski definition) is 0. The van der Waals surface area contributed by atoms with Gasteiger partial charge in [-0.1, -0.05) is 30.3 Å². The van der Waals surface area contributed by atoms with Crippen LogP contribution in [0, 0.1) is 6.92 Å². The molecule has 0 amide bonds. The van der Waals surface area contributed by atoms with Gasteiger partial charge < -0.3 is 4.74 Å². The van der Waals surface area contributed by atoms with Crippen molar-refractivity contribution in [2.75, 3.05) is 13.2 Å². The van der Waals surface area contributed by atoms with E-state index in [-0.39, 0.29) is 0 Å². The van der Waals surface area contributed by atoms with Crippen molar-refractivity contribution in [3.8, 4) is 0 Å². The molecule has 3 rings (SSSR count). The highest BCUT2D eigenvalue weighted by atomic mass is 16.5. The standard InChI is InChI=1S/C18H25N3O/c1-15-17(12-20(2)19-15)13-21(14-18-9-6-10-22-18)11-16-7-4-3-5-8-16/h3-5,7-8,12,18H,6,9-11,13-14H2,1-2H3/t18-/m0/s1. The van der Waals surface area contributed by atoms with E-state index in [0.29, 0.717) is 6.10 Å². The molecular weight excluding hydrogens is 274 g/mol. The van der Waals surface area contributed by atoms with Crippen molar-refractivity contribution in [2.45, 2.75) is 39.0 Å². The third kappa shape index (κ3) is 3.96. The van der Waals surface area contributed by atoms with E-state index in [9.17, 15) is 0 Å². The third-order valence-corrected chi connectivity index (χ3v) is 4.24. The van der Waals surface area contributed by atoms with Gasteiger partial charge in [-0.2, -0.15) is 5.10 Å². The van der Waals surface area contributed by atoms with Crippen LogP contribution in [0.15, 0.2) is 36.5 Å². The fourth-order valence-electron chi connectivity index (χ4n) is 3.15. The quantitative estimate of drug-likeness (QED) is 0.821. The number of rotatable bonds is 6. The van der Waals surface area contributed by atoms with Gasteiger partial charge in [-0.25, -0.2) is 0 Å². The molecule has 1 aliphatic heterocycles. The zero-order chi connectivity index (χ0) is 15.4. The molecule has 1 aromatic heterocycles. The summed E-state index contributed by atoms with van der Waals surface area (Å²) in [6.07, 6.45) is 4.87. The van der Waals surface area contributed by atoms with Crippen molar-refractivity contribution in [3.05, 3.63) is 53.3 Å². The van der Waals surface area contributed by atoms with E-state index in [1.807, 2.05) is 11.7 Å². The Morgan fingerprint density at radius 1 is 1.27 bits per heavy atom. The van der Waals surface area contributed by atoms with Crippen molar-refractivity contribution in [1.82, 2.24) is 14.7 Å². The Balaban J connectivity index is 1.71. The summed E-state index contributed by atoms with van der Waals surface area (Å²) in [6.45, 7) is 5.87. The number of ether oxygens (including phenoxy) is 1. The molecule has 1 fully saturated rings. The fraction of sp³-hybridized carbons (Fsp3) is 0.500. The maximum Gasteiger partial charge on any atom is 0.0703 e. The van der Waals surface area contributed by atoms with Gasteiger partial charge in [0.15, 0.2) is 0 Å². The first-order chi connectivity index (χ1) is 10.7. The molecular formula is C18H25N3O. The largest absolute Gasteiger partial charge is 0.377 e.